The molecule has 0 aliphatic carbocycles. The van der Waals surface area contributed by atoms with E-state index in [1.54, 1.807) is 12.1 Å². The van der Waals surface area contributed by atoms with Gasteiger partial charge < -0.3 is 15.9 Å². The smallest absolute Gasteiger partial charge is 0.306 e. The van der Waals surface area contributed by atoms with Crippen LogP contribution in [0.1, 0.15) is 17.5 Å². The molecule has 0 heterocycles. The highest BCUT2D eigenvalue weighted by molar-refractivity contribution is 5.70. The molecular formula is C19H22FNO3. The topological polar surface area (TPSA) is 83.5 Å². The minimum Gasteiger partial charge on any atom is -0.481 e. The zero-order chi connectivity index (χ0) is 17.5. The summed E-state index contributed by atoms with van der Waals surface area (Å²) in [5.41, 5.74) is 7.73. The van der Waals surface area contributed by atoms with Crippen LogP contribution in [-0.2, 0) is 17.6 Å². The van der Waals surface area contributed by atoms with E-state index in [4.69, 9.17) is 5.73 Å². The number of rotatable bonds is 8. The summed E-state index contributed by atoms with van der Waals surface area (Å²) in [6, 6.07) is 14.7. The number of benzene rings is 2. The first kappa shape index (κ1) is 18.1. The van der Waals surface area contributed by atoms with Gasteiger partial charge in [-0.1, -0.05) is 42.5 Å². The third-order valence-corrected chi connectivity index (χ3v) is 4.08. The predicted octanol–water partition coefficient (Wildman–Crippen LogP) is 2.39. The SMILES string of the molecule is N[C@@H](Cc1ccccc1)[C@@H](O)C[C@@H](Cc1ccc(F)cc1)C(=O)O. The van der Waals surface area contributed by atoms with Crippen molar-refractivity contribution >= 4 is 5.97 Å². The minimum absolute atomic E-state index is 0.0563. The van der Waals surface area contributed by atoms with Crippen molar-refractivity contribution in [2.75, 3.05) is 0 Å². The van der Waals surface area contributed by atoms with E-state index in [2.05, 4.69) is 0 Å². The van der Waals surface area contributed by atoms with Gasteiger partial charge in [0.1, 0.15) is 5.82 Å². The van der Waals surface area contributed by atoms with Gasteiger partial charge in [-0.05, 0) is 42.5 Å². The lowest BCUT2D eigenvalue weighted by Gasteiger charge is -2.22. The fourth-order valence-corrected chi connectivity index (χ4v) is 2.67. The number of hydrogen-bond acceptors (Lipinski definition) is 3. The first-order valence-electron chi connectivity index (χ1n) is 7.90. The molecule has 2 aromatic rings. The molecule has 4 N–H and O–H groups in total. The molecule has 24 heavy (non-hydrogen) atoms. The monoisotopic (exact) mass is 331 g/mol. The van der Waals surface area contributed by atoms with E-state index < -0.39 is 24.0 Å². The number of aliphatic carboxylic acids is 1. The average molecular weight is 331 g/mol. The van der Waals surface area contributed by atoms with Crippen LogP contribution in [0.25, 0.3) is 0 Å². The highest BCUT2D eigenvalue weighted by Gasteiger charge is 2.25. The summed E-state index contributed by atoms with van der Waals surface area (Å²) < 4.78 is 12.9. The van der Waals surface area contributed by atoms with Crippen molar-refractivity contribution in [2.24, 2.45) is 11.7 Å². The van der Waals surface area contributed by atoms with Crippen LogP contribution in [0.2, 0.25) is 0 Å². The summed E-state index contributed by atoms with van der Waals surface area (Å²) in [5, 5.41) is 19.7. The van der Waals surface area contributed by atoms with E-state index in [0.717, 1.165) is 5.56 Å². The van der Waals surface area contributed by atoms with Crippen molar-refractivity contribution in [3.05, 3.63) is 71.5 Å². The van der Waals surface area contributed by atoms with Crippen LogP contribution < -0.4 is 5.73 Å². The molecule has 0 saturated carbocycles. The van der Waals surface area contributed by atoms with Crippen molar-refractivity contribution in [3.8, 4) is 0 Å². The predicted molar refractivity (Wildman–Crippen MR) is 90.0 cm³/mol. The molecular weight excluding hydrogens is 309 g/mol. The Kier molecular flexibility index (Phi) is 6.46. The van der Waals surface area contributed by atoms with Gasteiger partial charge in [-0.2, -0.15) is 0 Å². The molecule has 0 radical (unpaired) electrons. The van der Waals surface area contributed by atoms with Crippen LogP contribution in [0.5, 0.6) is 0 Å². The molecule has 0 aliphatic rings. The number of aliphatic hydroxyl groups is 1. The number of aliphatic hydroxyl groups excluding tert-OH is 1. The second-order valence-electron chi connectivity index (χ2n) is 6.02. The summed E-state index contributed by atoms with van der Waals surface area (Å²) in [6.07, 6.45) is -0.164. The molecule has 0 spiro atoms. The molecule has 4 nitrogen and oxygen atoms in total. The van der Waals surface area contributed by atoms with Crippen molar-refractivity contribution in [2.45, 2.75) is 31.4 Å². The highest BCUT2D eigenvalue weighted by atomic mass is 19.1. The summed E-state index contributed by atoms with van der Waals surface area (Å²) >= 11 is 0. The Labute approximate surface area is 140 Å². The lowest BCUT2D eigenvalue weighted by Crippen LogP contribution is -2.39. The van der Waals surface area contributed by atoms with E-state index in [1.807, 2.05) is 30.3 Å². The van der Waals surface area contributed by atoms with Crippen molar-refractivity contribution in [1.29, 1.82) is 0 Å². The number of nitrogens with two attached hydrogens (primary N) is 1. The molecule has 0 aromatic heterocycles. The van der Waals surface area contributed by atoms with Crippen LogP contribution in [0.4, 0.5) is 4.39 Å². The van der Waals surface area contributed by atoms with Crippen LogP contribution in [0, 0.1) is 11.7 Å². The van der Waals surface area contributed by atoms with Gasteiger partial charge in [0.15, 0.2) is 0 Å². The summed E-state index contributed by atoms with van der Waals surface area (Å²) in [5.74, 6) is -2.13. The number of hydrogen-bond donors (Lipinski definition) is 3. The molecule has 0 amide bonds. The molecule has 0 saturated heterocycles. The Hall–Kier alpha value is -2.24. The molecule has 0 bridgehead atoms. The number of halogens is 1. The molecule has 0 unspecified atom stereocenters. The normalized spacial score (nSPS) is 14.8. The van der Waals surface area contributed by atoms with Gasteiger partial charge in [0.25, 0.3) is 0 Å². The lowest BCUT2D eigenvalue weighted by molar-refractivity contribution is -0.142. The second kappa shape index (κ2) is 8.57. The molecule has 128 valence electrons. The van der Waals surface area contributed by atoms with Gasteiger partial charge in [-0.3, -0.25) is 4.79 Å². The van der Waals surface area contributed by atoms with Crippen LogP contribution in [-0.4, -0.2) is 28.3 Å². The molecule has 0 aliphatic heterocycles. The molecule has 0 fully saturated rings. The van der Waals surface area contributed by atoms with Gasteiger partial charge in [0.05, 0.1) is 12.0 Å². The second-order valence-corrected chi connectivity index (χ2v) is 6.02. The average Bonchev–Trinajstić information content (AvgIpc) is 2.56. The quantitative estimate of drug-likeness (QED) is 0.693. The summed E-state index contributed by atoms with van der Waals surface area (Å²) in [4.78, 5) is 11.5. The number of carboxylic acid groups (broad SMARTS) is 1. The summed E-state index contributed by atoms with van der Waals surface area (Å²) in [6.45, 7) is 0. The van der Waals surface area contributed by atoms with Gasteiger partial charge in [-0.15, -0.1) is 0 Å². The molecule has 3 atom stereocenters. The highest BCUT2D eigenvalue weighted by Crippen LogP contribution is 2.18. The zero-order valence-electron chi connectivity index (χ0n) is 13.3. The van der Waals surface area contributed by atoms with Gasteiger partial charge in [0.2, 0.25) is 0 Å². The Bertz CT molecular complexity index is 645. The third kappa shape index (κ3) is 5.44. The van der Waals surface area contributed by atoms with Crippen LogP contribution in [0.15, 0.2) is 54.6 Å². The van der Waals surface area contributed by atoms with Crippen molar-refractivity contribution in [1.82, 2.24) is 0 Å². The van der Waals surface area contributed by atoms with E-state index in [9.17, 15) is 19.4 Å². The van der Waals surface area contributed by atoms with E-state index >= 15 is 0 Å². The van der Waals surface area contributed by atoms with Gasteiger partial charge >= 0.3 is 5.97 Å². The lowest BCUT2D eigenvalue weighted by atomic mass is 9.90. The Morgan fingerprint density at radius 2 is 1.58 bits per heavy atom. The maximum absolute atomic E-state index is 12.9. The molecule has 5 heteroatoms. The van der Waals surface area contributed by atoms with Crippen LogP contribution >= 0.6 is 0 Å². The number of carboxylic acids is 1. The molecule has 2 rings (SSSR count). The first-order valence-corrected chi connectivity index (χ1v) is 7.90. The van der Waals surface area contributed by atoms with E-state index in [1.165, 1.54) is 12.1 Å². The Morgan fingerprint density at radius 3 is 2.17 bits per heavy atom. The maximum atomic E-state index is 12.9. The van der Waals surface area contributed by atoms with Gasteiger partial charge in [-0.25, -0.2) is 4.39 Å². The minimum atomic E-state index is -0.995. The molecule has 2 aromatic carbocycles. The number of carbonyl (C=O) groups is 1. The standard InChI is InChI=1S/C19H22FNO3/c20-16-8-6-14(7-9-16)10-15(19(23)24)12-18(22)17(21)11-13-4-2-1-3-5-13/h1-9,15,17-18,22H,10-12,21H2,(H,23,24)/t15-,17+,18+/m1/s1. The van der Waals surface area contributed by atoms with Crippen molar-refractivity contribution < 1.29 is 19.4 Å². The van der Waals surface area contributed by atoms with Crippen LogP contribution in [0.3, 0.4) is 0 Å². The Morgan fingerprint density at radius 1 is 1.00 bits per heavy atom. The van der Waals surface area contributed by atoms with E-state index in [0.29, 0.717) is 12.0 Å². The fraction of sp³-hybridized carbons (Fsp3) is 0.316. The van der Waals surface area contributed by atoms with E-state index in [-0.39, 0.29) is 18.7 Å². The first-order chi connectivity index (χ1) is 11.5. The fourth-order valence-electron chi connectivity index (χ4n) is 2.67. The summed E-state index contributed by atoms with van der Waals surface area (Å²) in [7, 11) is 0. The largest absolute Gasteiger partial charge is 0.481 e. The Balaban J connectivity index is 1.96. The maximum Gasteiger partial charge on any atom is 0.306 e. The van der Waals surface area contributed by atoms with Gasteiger partial charge in [0, 0.05) is 6.04 Å². The van der Waals surface area contributed by atoms with Crippen molar-refractivity contribution in [3.63, 3.8) is 0 Å². The zero-order valence-corrected chi connectivity index (χ0v) is 13.3. The third-order valence-electron chi connectivity index (χ3n) is 4.08.